The highest BCUT2D eigenvalue weighted by molar-refractivity contribution is 7.09. The van der Waals surface area contributed by atoms with Gasteiger partial charge in [0.15, 0.2) is 0 Å². The second kappa shape index (κ2) is 8.43. The Morgan fingerprint density at radius 1 is 1.27 bits per heavy atom. The average Bonchev–Trinajstić information content (AvgIpc) is 2.97. The van der Waals surface area contributed by atoms with Gasteiger partial charge in [0, 0.05) is 12.1 Å². The molecule has 1 unspecified atom stereocenters. The number of rotatable bonds is 6. The second-order valence-corrected chi connectivity index (χ2v) is 6.69. The molecule has 0 saturated carbocycles. The van der Waals surface area contributed by atoms with Gasteiger partial charge in [-0.1, -0.05) is 4.49 Å². The lowest BCUT2D eigenvalue weighted by molar-refractivity contribution is 0.100. The van der Waals surface area contributed by atoms with Gasteiger partial charge in [-0.2, -0.15) is 0 Å². The van der Waals surface area contributed by atoms with Gasteiger partial charge in [0.2, 0.25) is 0 Å². The number of ether oxygens (including phenoxy) is 1. The quantitative estimate of drug-likeness (QED) is 0.844. The van der Waals surface area contributed by atoms with Crippen molar-refractivity contribution >= 4 is 23.9 Å². The van der Waals surface area contributed by atoms with Crippen molar-refractivity contribution in [1.82, 2.24) is 14.9 Å². The molecule has 0 amide bonds. The minimum Gasteiger partial charge on any atom is -0.491 e. The number of nitrogens with one attached hydrogen (secondary N) is 1. The van der Waals surface area contributed by atoms with Crippen molar-refractivity contribution in [3.63, 3.8) is 0 Å². The van der Waals surface area contributed by atoms with Crippen LogP contribution in [0.25, 0.3) is 10.4 Å². The van der Waals surface area contributed by atoms with Gasteiger partial charge in [-0.3, -0.25) is 0 Å². The Balaban J connectivity index is 0.00000242. The Morgan fingerprint density at radius 3 is 2.50 bits per heavy atom. The number of halogens is 1. The van der Waals surface area contributed by atoms with Crippen molar-refractivity contribution in [2.75, 3.05) is 13.2 Å². The molecule has 7 heteroatoms. The number of β-amino-alcohol motifs (C(OH)–C–C–N with tert-alkyl or cyclic N) is 1. The summed E-state index contributed by atoms with van der Waals surface area (Å²) in [6, 6.07) is 7.70. The van der Waals surface area contributed by atoms with Crippen molar-refractivity contribution in [3.05, 3.63) is 30.5 Å². The van der Waals surface area contributed by atoms with Crippen LogP contribution in [0.15, 0.2) is 30.5 Å². The topological polar surface area (TPSA) is 67.3 Å². The third kappa shape index (κ3) is 6.27. The van der Waals surface area contributed by atoms with Crippen molar-refractivity contribution in [2.24, 2.45) is 0 Å². The fourth-order valence-corrected chi connectivity index (χ4v) is 2.20. The summed E-state index contributed by atoms with van der Waals surface area (Å²) in [5.74, 6) is 0.742. The van der Waals surface area contributed by atoms with Crippen LogP contribution in [0.2, 0.25) is 0 Å². The van der Waals surface area contributed by atoms with Gasteiger partial charge in [0.05, 0.1) is 11.1 Å². The minimum absolute atomic E-state index is 0. The third-order valence-electron chi connectivity index (χ3n) is 2.81. The van der Waals surface area contributed by atoms with Crippen LogP contribution in [-0.4, -0.2) is 39.5 Å². The number of aliphatic hydroxyl groups is 1. The van der Waals surface area contributed by atoms with Crippen LogP contribution in [-0.2, 0) is 0 Å². The van der Waals surface area contributed by atoms with Gasteiger partial charge in [-0.05, 0) is 62.1 Å². The SMILES string of the molecule is CC(C)(C)NCC(O)COc1ccc(-c2cnns2)cc1.Cl. The van der Waals surface area contributed by atoms with Gasteiger partial charge in [-0.25, -0.2) is 0 Å². The van der Waals surface area contributed by atoms with Crippen molar-refractivity contribution < 1.29 is 9.84 Å². The van der Waals surface area contributed by atoms with Gasteiger partial charge in [0.1, 0.15) is 18.5 Å². The van der Waals surface area contributed by atoms with E-state index in [1.165, 1.54) is 11.5 Å². The summed E-state index contributed by atoms with van der Waals surface area (Å²) in [6.45, 7) is 6.97. The van der Waals surface area contributed by atoms with Crippen LogP contribution in [0.1, 0.15) is 20.8 Å². The van der Waals surface area contributed by atoms with Crippen LogP contribution in [0.5, 0.6) is 5.75 Å². The summed E-state index contributed by atoms with van der Waals surface area (Å²) in [5, 5.41) is 16.9. The highest BCUT2D eigenvalue weighted by Crippen LogP contribution is 2.24. The fraction of sp³-hybridized carbons (Fsp3) is 0.467. The lowest BCUT2D eigenvalue weighted by Crippen LogP contribution is -2.42. The van der Waals surface area contributed by atoms with E-state index in [0.29, 0.717) is 6.54 Å². The maximum absolute atomic E-state index is 9.88. The molecule has 0 fully saturated rings. The molecule has 122 valence electrons. The molecule has 2 N–H and O–H groups in total. The molecule has 5 nitrogen and oxygen atoms in total. The lowest BCUT2D eigenvalue weighted by Gasteiger charge is -2.22. The van der Waals surface area contributed by atoms with Crippen molar-refractivity contribution in [2.45, 2.75) is 32.4 Å². The molecule has 0 aliphatic carbocycles. The predicted octanol–water partition coefficient (Wildman–Crippen LogP) is 2.75. The summed E-state index contributed by atoms with van der Waals surface area (Å²) >= 11 is 1.36. The normalized spacial score (nSPS) is 12.5. The number of nitrogens with zero attached hydrogens (tertiary/aromatic N) is 2. The Kier molecular flexibility index (Phi) is 7.22. The Hall–Kier alpha value is -1.21. The number of hydrogen-bond acceptors (Lipinski definition) is 6. The zero-order valence-corrected chi connectivity index (χ0v) is 14.6. The lowest BCUT2D eigenvalue weighted by atomic mass is 10.1. The van der Waals surface area contributed by atoms with E-state index in [0.717, 1.165) is 16.2 Å². The molecular formula is C15H22ClN3O2S. The first-order chi connectivity index (χ1) is 9.94. The molecule has 1 aromatic heterocycles. The van der Waals surface area contributed by atoms with Crippen LogP contribution >= 0.6 is 23.9 Å². The van der Waals surface area contributed by atoms with E-state index >= 15 is 0 Å². The van der Waals surface area contributed by atoms with Gasteiger partial charge in [0.25, 0.3) is 0 Å². The summed E-state index contributed by atoms with van der Waals surface area (Å²) in [7, 11) is 0. The largest absolute Gasteiger partial charge is 0.491 e. The molecule has 0 bridgehead atoms. The zero-order chi connectivity index (χ0) is 15.3. The summed E-state index contributed by atoms with van der Waals surface area (Å²) in [6.07, 6.45) is 1.21. The van der Waals surface area contributed by atoms with Crippen LogP contribution in [0.4, 0.5) is 0 Å². The average molecular weight is 344 g/mol. The van der Waals surface area contributed by atoms with E-state index in [1.54, 1.807) is 6.20 Å². The monoisotopic (exact) mass is 343 g/mol. The smallest absolute Gasteiger partial charge is 0.119 e. The van der Waals surface area contributed by atoms with E-state index < -0.39 is 6.10 Å². The van der Waals surface area contributed by atoms with Crippen LogP contribution in [0, 0.1) is 0 Å². The third-order valence-corrected chi connectivity index (χ3v) is 3.52. The summed E-state index contributed by atoms with van der Waals surface area (Å²) in [4.78, 5) is 1.02. The molecule has 1 aromatic carbocycles. The highest BCUT2D eigenvalue weighted by Gasteiger charge is 2.12. The van der Waals surface area contributed by atoms with E-state index in [-0.39, 0.29) is 24.6 Å². The summed E-state index contributed by atoms with van der Waals surface area (Å²) < 4.78 is 9.43. The first-order valence-electron chi connectivity index (χ1n) is 6.88. The molecule has 0 saturated heterocycles. The van der Waals surface area contributed by atoms with Crippen molar-refractivity contribution in [1.29, 1.82) is 0 Å². The van der Waals surface area contributed by atoms with E-state index in [9.17, 15) is 5.11 Å². The molecule has 2 rings (SSSR count). The zero-order valence-electron chi connectivity index (χ0n) is 12.9. The maximum Gasteiger partial charge on any atom is 0.119 e. The van der Waals surface area contributed by atoms with Gasteiger partial charge < -0.3 is 15.2 Å². The number of hydrogen-bond donors (Lipinski definition) is 2. The van der Waals surface area contributed by atoms with Crippen LogP contribution in [0.3, 0.4) is 0 Å². The number of aromatic nitrogens is 2. The first kappa shape index (κ1) is 18.8. The van der Waals surface area contributed by atoms with Crippen molar-refractivity contribution in [3.8, 4) is 16.2 Å². The van der Waals surface area contributed by atoms with E-state index in [1.807, 2.05) is 24.3 Å². The Labute approximate surface area is 141 Å². The number of aliphatic hydroxyl groups excluding tert-OH is 1. The van der Waals surface area contributed by atoms with Gasteiger partial charge >= 0.3 is 0 Å². The molecule has 22 heavy (non-hydrogen) atoms. The second-order valence-electron chi connectivity index (χ2n) is 5.90. The highest BCUT2D eigenvalue weighted by atomic mass is 35.5. The molecule has 2 aromatic rings. The Bertz CT molecular complexity index is 541. The summed E-state index contributed by atoms with van der Waals surface area (Å²) in [5.41, 5.74) is 1.05. The molecule has 0 aliphatic rings. The fourth-order valence-electron chi connectivity index (χ4n) is 1.69. The minimum atomic E-state index is -0.533. The van der Waals surface area contributed by atoms with E-state index in [4.69, 9.17) is 4.74 Å². The van der Waals surface area contributed by atoms with E-state index in [2.05, 4.69) is 35.7 Å². The van der Waals surface area contributed by atoms with Crippen LogP contribution < -0.4 is 10.1 Å². The molecule has 0 aliphatic heterocycles. The molecule has 1 heterocycles. The predicted molar refractivity (Wildman–Crippen MR) is 91.9 cm³/mol. The Morgan fingerprint density at radius 2 is 1.95 bits per heavy atom. The van der Waals surface area contributed by atoms with Gasteiger partial charge in [-0.15, -0.1) is 17.5 Å². The first-order valence-corrected chi connectivity index (χ1v) is 7.65. The molecule has 0 radical (unpaired) electrons. The molecule has 1 atom stereocenters. The molecule has 0 spiro atoms. The standard InChI is InChI=1S/C15H21N3O2S.ClH/c1-15(2,3)16-8-12(19)10-20-13-6-4-11(5-7-13)14-9-17-18-21-14;/h4-7,9,12,16,19H,8,10H2,1-3H3;1H. The number of benzene rings is 1. The molecular weight excluding hydrogens is 322 g/mol. The maximum atomic E-state index is 9.88.